The van der Waals surface area contributed by atoms with E-state index in [-0.39, 0.29) is 6.54 Å². The van der Waals surface area contributed by atoms with Gasteiger partial charge in [0.15, 0.2) is 11.6 Å². The number of hydrogen-bond donors (Lipinski definition) is 1. The molecule has 0 spiro atoms. The monoisotopic (exact) mass is 265 g/mol. The lowest BCUT2D eigenvalue weighted by Gasteiger charge is -2.21. The fourth-order valence-corrected chi connectivity index (χ4v) is 1.40. The molecule has 18 heavy (non-hydrogen) atoms. The molecule has 0 saturated carbocycles. The number of carbonyl (C=O) groups excluding carboxylic acids is 1. The smallest absolute Gasteiger partial charge is 0.257 e. The van der Waals surface area contributed by atoms with Gasteiger partial charge in [0, 0.05) is 6.54 Å². The highest BCUT2D eigenvalue weighted by Gasteiger charge is 2.23. The summed E-state index contributed by atoms with van der Waals surface area (Å²) in [6.45, 7) is -1.87. The Labute approximate surface area is 101 Å². The Morgan fingerprint density at radius 1 is 1.33 bits per heavy atom. The third-order valence-corrected chi connectivity index (χ3v) is 2.20. The maximum Gasteiger partial charge on any atom is 0.257 e. The summed E-state index contributed by atoms with van der Waals surface area (Å²) < 4.78 is 50.7. The van der Waals surface area contributed by atoms with Gasteiger partial charge in [-0.15, -0.1) is 0 Å². The fourth-order valence-electron chi connectivity index (χ4n) is 1.40. The van der Waals surface area contributed by atoms with Gasteiger partial charge in [-0.05, 0) is 12.1 Å². The van der Waals surface area contributed by atoms with Gasteiger partial charge in [-0.2, -0.15) is 0 Å². The Bertz CT molecular complexity index is 426. The van der Waals surface area contributed by atoms with Crippen molar-refractivity contribution >= 4 is 5.91 Å². The van der Waals surface area contributed by atoms with Crippen molar-refractivity contribution in [3.05, 3.63) is 35.4 Å². The van der Waals surface area contributed by atoms with E-state index in [1.165, 1.54) is 0 Å². The predicted octanol–water partition coefficient (Wildman–Crippen LogP) is 1.66. The Morgan fingerprint density at radius 3 is 2.56 bits per heavy atom. The van der Waals surface area contributed by atoms with Crippen LogP contribution in [0.15, 0.2) is 18.2 Å². The lowest BCUT2D eigenvalue weighted by Crippen LogP contribution is -2.37. The number of rotatable bonds is 5. The molecule has 7 heteroatoms. The number of halogens is 4. The van der Waals surface area contributed by atoms with Crippen LogP contribution in [0.2, 0.25) is 0 Å². The molecule has 1 N–H and O–H groups in total. The van der Waals surface area contributed by atoms with E-state index in [0.717, 1.165) is 18.2 Å². The summed E-state index contributed by atoms with van der Waals surface area (Å²) in [6, 6.07) is 2.91. The predicted molar refractivity (Wildman–Crippen MR) is 55.4 cm³/mol. The van der Waals surface area contributed by atoms with Crippen LogP contribution in [0.25, 0.3) is 0 Å². The van der Waals surface area contributed by atoms with E-state index in [4.69, 9.17) is 5.11 Å². The molecule has 0 aliphatic heterocycles. The Hall–Kier alpha value is -1.63. The van der Waals surface area contributed by atoms with Crippen molar-refractivity contribution in [2.45, 2.75) is 6.43 Å². The second-order valence-electron chi connectivity index (χ2n) is 3.47. The first-order chi connectivity index (χ1) is 8.47. The molecule has 1 aromatic rings. The summed E-state index contributed by atoms with van der Waals surface area (Å²) in [4.78, 5) is 12.3. The summed E-state index contributed by atoms with van der Waals surface area (Å²) in [5.41, 5.74) is -0.635. The maximum atomic E-state index is 13.3. The van der Waals surface area contributed by atoms with Crippen LogP contribution in [0.4, 0.5) is 17.6 Å². The van der Waals surface area contributed by atoms with Gasteiger partial charge in [0.2, 0.25) is 0 Å². The first-order valence-corrected chi connectivity index (χ1v) is 5.09. The number of hydrogen-bond acceptors (Lipinski definition) is 2. The number of nitrogens with zero attached hydrogens (tertiary/aromatic N) is 1. The minimum Gasteiger partial charge on any atom is -0.395 e. The fraction of sp³-hybridized carbons (Fsp3) is 0.364. The zero-order valence-electron chi connectivity index (χ0n) is 9.25. The first kappa shape index (κ1) is 14.4. The van der Waals surface area contributed by atoms with Gasteiger partial charge in [-0.25, -0.2) is 17.6 Å². The second kappa shape index (κ2) is 6.34. The SMILES string of the molecule is O=C(c1cccc(F)c1F)N(CCO)CC(F)F. The molecule has 0 atom stereocenters. The van der Waals surface area contributed by atoms with Crippen LogP contribution < -0.4 is 0 Å². The van der Waals surface area contributed by atoms with Crippen molar-refractivity contribution in [1.82, 2.24) is 4.90 Å². The summed E-state index contributed by atoms with van der Waals surface area (Å²) in [5.74, 6) is -3.71. The van der Waals surface area contributed by atoms with Gasteiger partial charge in [0.05, 0.1) is 18.7 Å². The maximum absolute atomic E-state index is 13.3. The molecule has 1 aromatic carbocycles. The van der Waals surface area contributed by atoms with Crippen LogP contribution in [-0.4, -0.2) is 42.0 Å². The average molecular weight is 265 g/mol. The molecule has 1 rings (SSSR count). The number of aliphatic hydroxyl groups is 1. The van der Waals surface area contributed by atoms with Crippen molar-refractivity contribution in [2.24, 2.45) is 0 Å². The highest BCUT2D eigenvalue weighted by atomic mass is 19.3. The van der Waals surface area contributed by atoms with Crippen molar-refractivity contribution in [3.63, 3.8) is 0 Å². The normalized spacial score (nSPS) is 10.8. The Morgan fingerprint density at radius 2 is 2.00 bits per heavy atom. The number of carbonyl (C=O) groups is 1. The molecular formula is C11H11F4NO2. The highest BCUT2D eigenvalue weighted by Crippen LogP contribution is 2.14. The van der Waals surface area contributed by atoms with Crippen LogP contribution in [0, 0.1) is 11.6 Å². The summed E-state index contributed by atoms with van der Waals surface area (Å²) in [6.07, 6.45) is -2.82. The Balaban J connectivity index is 2.98. The molecule has 0 unspecified atom stereocenters. The zero-order chi connectivity index (χ0) is 13.7. The first-order valence-electron chi connectivity index (χ1n) is 5.09. The molecular weight excluding hydrogens is 254 g/mol. The summed E-state index contributed by atoms with van der Waals surface area (Å²) in [5, 5.41) is 8.66. The third kappa shape index (κ3) is 3.43. The zero-order valence-corrected chi connectivity index (χ0v) is 9.25. The quantitative estimate of drug-likeness (QED) is 0.823. The minimum atomic E-state index is -2.82. The lowest BCUT2D eigenvalue weighted by molar-refractivity contribution is 0.0504. The van der Waals surface area contributed by atoms with Crippen LogP contribution in [0.1, 0.15) is 10.4 Å². The van der Waals surface area contributed by atoms with Crippen molar-refractivity contribution < 1.29 is 27.5 Å². The van der Waals surface area contributed by atoms with Crippen molar-refractivity contribution in [2.75, 3.05) is 19.7 Å². The second-order valence-corrected chi connectivity index (χ2v) is 3.47. The minimum absolute atomic E-state index is 0.376. The molecule has 0 aromatic heterocycles. The van der Waals surface area contributed by atoms with Crippen molar-refractivity contribution in [1.29, 1.82) is 0 Å². The van der Waals surface area contributed by atoms with E-state index in [2.05, 4.69) is 0 Å². The van der Waals surface area contributed by atoms with Crippen molar-refractivity contribution in [3.8, 4) is 0 Å². The lowest BCUT2D eigenvalue weighted by atomic mass is 10.1. The van der Waals surface area contributed by atoms with Gasteiger partial charge in [0.25, 0.3) is 12.3 Å². The largest absolute Gasteiger partial charge is 0.395 e. The standard InChI is InChI=1S/C11H11F4NO2/c12-8-3-1-2-7(10(8)15)11(18)16(4-5-17)6-9(13)14/h1-3,9,17H,4-6H2. The van der Waals surface area contributed by atoms with Gasteiger partial charge >= 0.3 is 0 Å². The Kier molecular flexibility index (Phi) is 5.08. The summed E-state index contributed by atoms with van der Waals surface area (Å²) in [7, 11) is 0. The molecule has 0 fully saturated rings. The van der Waals surface area contributed by atoms with Gasteiger partial charge in [-0.3, -0.25) is 4.79 Å². The third-order valence-electron chi connectivity index (χ3n) is 2.20. The molecule has 0 saturated heterocycles. The average Bonchev–Trinajstić information content (AvgIpc) is 2.31. The number of alkyl halides is 2. The summed E-state index contributed by atoms with van der Waals surface area (Å²) >= 11 is 0. The topological polar surface area (TPSA) is 40.5 Å². The molecule has 3 nitrogen and oxygen atoms in total. The van der Waals surface area contributed by atoms with Gasteiger partial charge in [0.1, 0.15) is 0 Å². The molecule has 0 radical (unpaired) electrons. The molecule has 0 bridgehead atoms. The van der Waals surface area contributed by atoms with Crippen LogP contribution in [-0.2, 0) is 0 Å². The van der Waals surface area contributed by atoms with Gasteiger partial charge < -0.3 is 10.0 Å². The van der Waals surface area contributed by atoms with E-state index in [1.54, 1.807) is 0 Å². The van der Waals surface area contributed by atoms with Crippen LogP contribution >= 0.6 is 0 Å². The number of aliphatic hydroxyl groups excluding tert-OH is 1. The molecule has 100 valence electrons. The number of amides is 1. The van der Waals surface area contributed by atoms with E-state index < -0.39 is 42.7 Å². The number of benzene rings is 1. The van der Waals surface area contributed by atoms with Gasteiger partial charge in [-0.1, -0.05) is 6.07 Å². The van der Waals surface area contributed by atoms with Crippen LogP contribution in [0.3, 0.4) is 0 Å². The van der Waals surface area contributed by atoms with E-state index in [1.807, 2.05) is 0 Å². The van der Waals surface area contributed by atoms with E-state index >= 15 is 0 Å². The van der Waals surface area contributed by atoms with Crippen LogP contribution in [0.5, 0.6) is 0 Å². The molecule has 0 aliphatic carbocycles. The molecule has 0 aliphatic rings. The highest BCUT2D eigenvalue weighted by molar-refractivity contribution is 5.94. The molecule has 0 heterocycles. The molecule has 1 amide bonds. The van der Waals surface area contributed by atoms with E-state index in [0.29, 0.717) is 4.90 Å². The van der Waals surface area contributed by atoms with E-state index in [9.17, 15) is 22.4 Å².